The fourth-order valence-corrected chi connectivity index (χ4v) is 10.00. The number of para-hydroxylation sites is 1. The van der Waals surface area contributed by atoms with E-state index in [4.69, 9.17) is 25.4 Å². The van der Waals surface area contributed by atoms with E-state index in [0.29, 0.717) is 46.1 Å². The molecule has 3 aromatic carbocycles. The van der Waals surface area contributed by atoms with Gasteiger partial charge in [0.05, 0.1) is 30.0 Å². The van der Waals surface area contributed by atoms with E-state index in [9.17, 15) is 18.9 Å². The molecule has 19 heteroatoms. The monoisotopic (exact) mass is 875 g/mol. The Bertz CT molecular complexity index is 2370. The van der Waals surface area contributed by atoms with Crippen LogP contribution in [0.15, 0.2) is 60.8 Å². The number of amides is 3. The molecule has 1 unspecified atom stereocenters. The number of methoxy groups -OCH3 is 1. The van der Waals surface area contributed by atoms with E-state index in [1.807, 2.05) is 18.2 Å². The molecular weight excluding hydrogens is 828 g/mol. The number of anilines is 5. The molecule has 1 aromatic heterocycles. The third-order valence-electron chi connectivity index (χ3n) is 11.9. The van der Waals surface area contributed by atoms with Gasteiger partial charge in [0, 0.05) is 88.8 Å². The average molecular weight is 876 g/mol. The van der Waals surface area contributed by atoms with Crippen LogP contribution >= 0.6 is 19.2 Å². The fraction of sp³-hybridized carbons (Fsp3) is 0.405. The number of hydrogen-bond acceptors (Lipinski definition) is 14. The number of benzene rings is 3. The number of aromatic nitrogens is 2. The molecule has 3 fully saturated rings. The van der Waals surface area contributed by atoms with Gasteiger partial charge in [-0.05, 0) is 74.3 Å². The summed E-state index contributed by atoms with van der Waals surface area (Å²) in [6.07, 6.45) is 3.85. The summed E-state index contributed by atoms with van der Waals surface area (Å²) in [4.78, 5) is 54.8. The predicted molar refractivity (Wildman–Crippen MR) is 229 cm³/mol. The van der Waals surface area contributed by atoms with Gasteiger partial charge in [-0.2, -0.15) is 4.98 Å². The van der Waals surface area contributed by atoms with Crippen molar-refractivity contribution in [3.8, 4) is 5.75 Å². The lowest BCUT2D eigenvalue weighted by Crippen LogP contribution is -2.53. The Kier molecular flexibility index (Phi) is 12.6. The quantitative estimate of drug-likeness (QED) is 0.115. The maximum atomic E-state index is 15.4. The first-order chi connectivity index (χ1) is 29.5. The number of fused-ring (bicyclic) bond motifs is 1. The smallest absolute Gasteiger partial charge is 0.362 e. The first-order valence-electron chi connectivity index (χ1n) is 20.2. The summed E-state index contributed by atoms with van der Waals surface area (Å²) in [5, 5.41) is 9.28. The Morgan fingerprint density at radius 1 is 0.918 bits per heavy atom. The number of halogens is 2. The van der Waals surface area contributed by atoms with Crippen LogP contribution in [-0.4, -0.2) is 115 Å². The molecular formula is C42H48ClFN9O7P. The second kappa shape index (κ2) is 18.1. The summed E-state index contributed by atoms with van der Waals surface area (Å²) in [5.74, 6) is -0.439. The lowest BCUT2D eigenvalue weighted by atomic mass is 10.00. The SMILES string of the molecule is COc1cc(N2CCN(C3CCN(Cc4cc5c(cc4F)C(=O)N(C4CCC(=O)NC4=O)C5)CC3)CC2)ccc1Nc1ncc(Cl)c(Nc2ccccc2P(=O)(OC)OC)n1. The van der Waals surface area contributed by atoms with Crippen molar-refractivity contribution >= 4 is 71.1 Å². The van der Waals surface area contributed by atoms with Crippen molar-refractivity contribution < 1.29 is 37.1 Å². The Morgan fingerprint density at radius 2 is 1.67 bits per heavy atom. The number of ether oxygens (including phenoxy) is 1. The summed E-state index contributed by atoms with van der Waals surface area (Å²) in [7, 11) is 0.688. The number of carbonyl (C=O) groups is 3. The van der Waals surface area contributed by atoms with Crippen LogP contribution in [0.4, 0.5) is 33.2 Å². The zero-order valence-corrected chi connectivity index (χ0v) is 35.8. The molecule has 3 N–H and O–H groups in total. The van der Waals surface area contributed by atoms with Crippen LogP contribution in [0.5, 0.6) is 5.75 Å². The third kappa shape index (κ3) is 8.94. The number of nitrogens with zero attached hydrogens (tertiary/aromatic N) is 6. The van der Waals surface area contributed by atoms with Crippen molar-refractivity contribution in [3.05, 3.63) is 88.3 Å². The summed E-state index contributed by atoms with van der Waals surface area (Å²) < 4.78 is 44.8. The minimum atomic E-state index is -3.57. The first kappa shape index (κ1) is 42.5. The molecule has 5 heterocycles. The molecule has 0 aliphatic carbocycles. The van der Waals surface area contributed by atoms with Gasteiger partial charge >= 0.3 is 7.60 Å². The zero-order chi connectivity index (χ0) is 42.8. The number of imide groups is 1. The van der Waals surface area contributed by atoms with E-state index in [-0.39, 0.29) is 53.6 Å². The number of nitrogens with one attached hydrogen (secondary N) is 3. The normalized spacial score (nSPS) is 19.2. The maximum Gasteiger partial charge on any atom is 0.362 e. The van der Waals surface area contributed by atoms with Gasteiger partial charge in [-0.1, -0.05) is 23.7 Å². The highest BCUT2D eigenvalue weighted by Crippen LogP contribution is 2.47. The molecule has 61 heavy (non-hydrogen) atoms. The van der Waals surface area contributed by atoms with Crippen LogP contribution in [0.2, 0.25) is 5.02 Å². The second-order valence-electron chi connectivity index (χ2n) is 15.4. The molecule has 4 aliphatic heterocycles. The first-order valence-corrected chi connectivity index (χ1v) is 22.1. The van der Waals surface area contributed by atoms with Gasteiger partial charge in [0.25, 0.3) is 5.91 Å². The summed E-state index contributed by atoms with van der Waals surface area (Å²) >= 11 is 6.48. The van der Waals surface area contributed by atoms with Crippen molar-refractivity contribution in [1.29, 1.82) is 0 Å². The molecule has 0 bridgehead atoms. The van der Waals surface area contributed by atoms with Gasteiger partial charge in [-0.3, -0.25) is 34.1 Å². The van der Waals surface area contributed by atoms with Crippen molar-refractivity contribution in [2.24, 2.45) is 0 Å². The largest absolute Gasteiger partial charge is 0.494 e. The van der Waals surface area contributed by atoms with Crippen molar-refractivity contribution in [2.75, 3.05) is 76.1 Å². The van der Waals surface area contributed by atoms with Crippen LogP contribution in [0.25, 0.3) is 0 Å². The van der Waals surface area contributed by atoms with Crippen LogP contribution in [0.3, 0.4) is 0 Å². The molecule has 0 spiro atoms. The minimum Gasteiger partial charge on any atom is -0.494 e. The van der Waals surface area contributed by atoms with Crippen LogP contribution < -0.4 is 30.9 Å². The van der Waals surface area contributed by atoms with Crippen LogP contribution in [0, 0.1) is 5.82 Å². The van der Waals surface area contributed by atoms with Gasteiger partial charge in [0.2, 0.25) is 17.8 Å². The van der Waals surface area contributed by atoms with Crippen molar-refractivity contribution in [2.45, 2.75) is 50.9 Å². The molecule has 4 aromatic rings. The molecule has 3 saturated heterocycles. The standard InChI is InChI=1S/C42H48ClFN9O7P/c1-58-36-21-29(8-9-33(36)47-42-45-23-31(43)39(49-42)46-34-6-4-5-7-37(34)61(57,59-2)60-3)52-18-16-51(17-19-52)28-12-14-50(15-13-28)24-27-20-26-25-53(41(56)30(26)22-32(27)44)35-10-11-38(54)48-40(35)55/h4-9,20-23,28,35H,10-19,24-25H2,1-3H3,(H,48,54,55)(H2,45,46,47,49). The zero-order valence-electron chi connectivity index (χ0n) is 34.2. The Labute approximate surface area is 358 Å². The Hall–Kier alpha value is -5.16. The topological polar surface area (TPSA) is 171 Å². The molecule has 8 rings (SSSR count). The Morgan fingerprint density at radius 3 is 2.39 bits per heavy atom. The summed E-state index contributed by atoms with van der Waals surface area (Å²) in [5.41, 5.74) is 3.70. The number of carbonyl (C=O) groups excluding carboxylic acids is 3. The van der Waals surface area contributed by atoms with Crippen LogP contribution in [-0.2, 0) is 36.3 Å². The van der Waals surface area contributed by atoms with E-state index in [2.05, 4.69) is 40.6 Å². The van der Waals surface area contributed by atoms with Crippen molar-refractivity contribution in [3.63, 3.8) is 0 Å². The number of rotatable bonds is 13. The molecule has 1 atom stereocenters. The molecule has 322 valence electrons. The number of hydrogen-bond donors (Lipinski definition) is 3. The van der Waals surface area contributed by atoms with E-state index >= 15 is 4.39 Å². The second-order valence-corrected chi connectivity index (χ2v) is 18.0. The van der Waals surface area contributed by atoms with Gasteiger partial charge in [-0.25, -0.2) is 9.37 Å². The molecule has 16 nitrogen and oxygen atoms in total. The maximum absolute atomic E-state index is 15.4. The minimum absolute atomic E-state index is 0.172. The third-order valence-corrected chi connectivity index (χ3v) is 14.2. The van der Waals surface area contributed by atoms with E-state index in [1.54, 1.807) is 37.4 Å². The highest BCUT2D eigenvalue weighted by atomic mass is 35.5. The van der Waals surface area contributed by atoms with E-state index in [1.165, 1.54) is 31.4 Å². The lowest BCUT2D eigenvalue weighted by molar-refractivity contribution is -0.136. The summed E-state index contributed by atoms with van der Waals surface area (Å²) in [6, 6.07) is 15.6. The number of likely N-dealkylation sites (tertiary alicyclic amines) is 1. The summed E-state index contributed by atoms with van der Waals surface area (Å²) in [6.45, 7) is 5.85. The van der Waals surface area contributed by atoms with Gasteiger partial charge < -0.3 is 34.2 Å². The fourth-order valence-electron chi connectivity index (χ4n) is 8.62. The molecule has 0 radical (unpaired) electrons. The highest BCUT2D eigenvalue weighted by Gasteiger charge is 2.40. The lowest BCUT2D eigenvalue weighted by Gasteiger charge is -2.43. The predicted octanol–water partition coefficient (Wildman–Crippen LogP) is 5.42. The van der Waals surface area contributed by atoms with E-state index in [0.717, 1.165) is 57.8 Å². The van der Waals surface area contributed by atoms with Gasteiger partial charge in [0.1, 0.15) is 22.6 Å². The Balaban J connectivity index is 0.838. The molecule has 0 saturated carbocycles. The highest BCUT2D eigenvalue weighted by molar-refractivity contribution is 7.62. The van der Waals surface area contributed by atoms with Crippen LogP contribution in [0.1, 0.15) is 47.2 Å². The number of piperidine rings is 2. The average Bonchev–Trinajstić information content (AvgIpc) is 3.58. The van der Waals surface area contributed by atoms with Gasteiger partial charge in [-0.15, -0.1) is 0 Å². The van der Waals surface area contributed by atoms with E-state index < -0.39 is 25.4 Å². The van der Waals surface area contributed by atoms with Gasteiger partial charge in [0.15, 0.2) is 5.82 Å². The molecule has 3 amide bonds. The van der Waals surface area contributed by atoms with Crippen molar-refractivity contribution in [1.82, 2.24) is 30.0 Å². The molecule has 4 aliphatic rings. The number of piperazine rings is 1.